The average molecular weight is 223 g/mol. The summed E-state index contributed by atoms with van der Waals surface area (Å²) in [5, 5.41) is 7.95. The molecule has 0 bridgehead atoms. The van der Waals surface area contributed by atoms with Crippen LogP contribution < -0.4 is 5.32 Å². The number of hydrogen-bond acceptors (Lipinski definition) is 2. The van der Waals surface area contributed by atoms with Gasteiger partial charge in [-0.2, -0.15) is 5.10 Å². The van der Waals surface area contributed by atoms with Crippen LogP contribution in [0, 0.1) is 18.8 Å². The Bertz CT molecular complexity index is 328. The van der Waals surface area contributed by atoms with Crippen molar-refractivity contribution < 1.29 is 0 Å². The number of rotatable bonds is 5. The van der Waals surface area contributed by atoms with Gasteiger partial charge >= 0.3 is 0 Å². The molecule has 0 radical (unpaired) electrons. The van der Waals surface area contributed by atoms with E-state index in [2.05, 4.69) is 51.2 Å². The van der Waals surface area contributed by atoms with E-state index in [1.807, 2.05) is 11.7 Å². The third kappa shape index (κ3) is 3.34. The fraction of sp³-hybridized carbons (Fsp3) is 0.769. The summed E-state index contributed by atoms with van der Waals surface area (Å²) in [7, 11) is 1.97. The van der Waals surface area contributed by atoms with Crippen LogP contribution in [-0.4, -0.2) is 16.3 Å². The Balaban J connectivity index is 2.53. The van der Waals surface area contributed by atoms with Gasteiger partial charge in [0.05, 0.1) is 5.69 Å². The highest BCUT2D eigenvalue weighted by molar-refractivity contribution is 5.19. The van der Waals surface area contributed by atoms with Crippen molar-refractivity contribution in [1.82, 2.24) is 15.1 Å². The third-order valence-corrected chi connectivity index (χ3v) is 3.40. The van der Waals surface area contributed by atoms with Crippen LogP contribution in [0.25, 0.3) is 0 Å². The predicted molar refractivity (Wildman–Crippen MR) is 68.4 cm³/mol. The maximum Gasteiger partial charge on any atom is 0.0641 e. The second kappa shape index (κ2) is 5.48. The maximum atomic E-state index is 4.37. The Kier molecular flexibility index (Phi) is 4.54. The van der Waals surface area contributed by atoms with Gasteiger partial charge in [0.1, 0.15) is 0 Å². The fourth-order valence-electron chi connectivity index (χ4n) is 1.75. The van der Waals surface area contributed by atoms with Crippen LogP contribution in [0.15, 0.2) is 6.20 Å². The van der Waals surface area contributed by atoms with Crippen LogP contribution in [0.4, 0.5) is 0 Å². The van der Waals surface area contributed by atoms with Gasteiger partial charge in [-0.25, -0.2) is 0 Å². The van der Waals surface area contributed by atoms with Crippen LogP contribution in [-0.2, 0) is 7.05 Å². The smallest absolute Gasteiger partial charge is 0.0641 e. The highest BCUT2D eigenvalue weighted by atomic mass is 15.3. The SMILES string of the molecule is Cc1nn(C)cc1C(C)NCC(C)C(C)C. The monoisotopic (exact) mass is 223 g/mol. The summed E-state index contributed by atoms with van der Waals surface area (Å²) in [6.45, 7) is 12.2. The number of nitrogens with zero attached hydrogens (tertiary/aromatic N) is 2. The summed E-state index contributed by atoms with van der Waals surface area (Å²) < 4.78 is 1.88. The van der Waals surface area contributed by atoms with Gasteiger partial charge in [-0.3, -0.25) is 4.68 Å². The summed E-state index contributed by atoms with van der Waals surface area (Å²) in [5.74, 6) is 1.44. The molecule has 1 rings (SSSR count). The molecule has 1 aromatic heterocycles. The third-order valence-electron chi connectivity index (χ3n) is 3.40. The molecular weight excluding hydrogens is 198 g/mol. The Morgan fingerprint density at radius 2 is 1.94 bits per heavy atom. The van der Waals surface area contributed by atoms with E-state index < -0.39 is 0 Å². The van der Waals surface area contributed by atoms with E-state index in [1.165, 1.54) is 5.56 Å². The topological polar surface area (TPSA) is 29.9 Å². The van der Waals surface area contributed by atoms with E-state index in [4.69, 9.17) is 0 Å². The van der Waals surface area contributed by atoms with Crippen molar-refractivity contribution in [2.45, 2.75) is 40.7 Å². The number of aromatic nitrogens is 2. The van der Waals surface area contributed by atoms with Crippen LogP contribution >= 0.6 is 0 Å². The molecule has 0 saturated heterocycles. The summed E-state index contributed by atoms with van der Waals surface area (Å²) in [6.07, 6.45) is 2.10. The first kappa shape index (κ1) is 13.2. The molecule has 0 spiro atoms. The molecule has 0 amide bonds. The van der Waals surface area contributed by atoms with Crippen LogP contribution in [0.1, 0.15) is 45.0 Å². The largest absolute Gasteiger partial charge is 0.310 e. The molecule has 0 aliphatic heterocycles. The van der Waals surface area contributed by atoms with Crippen molar-refractivity contribution >= 4 is 0 Å². The lowest BCUT2D eigenvalue weighted by Gasteiger charge is -2.20. The lowest BCUT2D eigenvalue weighted by atomic mass is 9.97. The molecule has 16 heavy (non-hydrogen) atoms. The summed E-state index contributed by atoms with van der Waals surface area (Å²) >= 11 is 0. The second-order valence-corrected chi connectivity index (χ2v) is 5.19. The fourth-order valence-corrected chi connectivity index (χ4v) is 1.75. The zero-order valence-electron chi connectivity index (χ0n) is 11.4. The Hall–Kier alpha value is -0.830. The molecule has 0 aliphatic carbocycles. The van der Waals surface area contributed by atoms with E-state index in [1.54, 1.807) is 0 Å². The molecule has 0 fully saturated rings. The second-order valence-electron chi connectivity index (χ2n) is 5.19. The molecule has 92 valence electrons. The molecule has 0 aromatic carbocycles. The number of hydrogen-bond donors (Lipinski definition) is 1. The minimum Gasteiger partial charge on any atom is -0.310 e. The molecule has 2 atom stereocenters. The van der Waals surface area contributed by atoms with Crippen molar-refractivity contribution in [2.24, 2.45) is 18.9 Å². The van der Waals surface area contributed by atoms with E-state index >= 15 is 0 Å². The van der Waals surface area contributed by atoms with E-state index in [9.17, 15) is 0 Å². The molecule has 2 unspecified atom stereocenters. The van der Waals surface area contributed by atoms with Gasteiger partial charge in [-0.1, -0.05) is 20.8 Å². The van der Waals surface area contributed by atoms with Crippen molar-refractivity contribution in [1.29, 1.82) is 0 Å². The lowest BCUT2D eigenvalue weighted by Crippen LogP contribution is -2.27. The minimum absolute atomic E-state index is 0.384. The van der Waals surface area contributed by atoms with Gasteiger partial charge < -0.3 is 5.32 Å². The lowest BCUT2D eigenvalue weighted by molar-refractivity contribution is 0.375. The van der Waals surface area contributed by atoms with Crippen molar-refractivity contribution in [3.63, 3.8) is 0 Å². The van der Waals surface area contributed by atoms with Gasteiger partial charge in [0, 0.05) is 24.8 Å². The average Bonchev–Trinajstić information content (AvgIpc) is 2.53. The zero-order chi connectivity index (χ0) is 12.3. The van der Waals surface area contributed by atoms with Gasteiger partial charge in [-0.15, -0.1) is 0 Å². The standard InChI is InChI=1S/C13H25N3/c1-9(2)10(3)7-14-11(4)13-8-16(6)15-12(13)5/h8-11,14H,7H2,1-6H3. The van der Waals surface area contributed by atoms with Gasteiger partial charge in [-0.05, 0) is 32.2 Å². The van der Waals surface area contributed by atoms with Gasteiger partial charge in [0.25, 0.3) is 0 Å². The van der Waals surface area contributed by atoms with Crippen molar-refractivity contribution in [3.05, 3.63) is 17.5 Å². The molecule has 3 heteroatoms. The zero-order valence-corrected chi connectivity index (χ0v) is 11.4. The normalized spacial score (nSPS) is 15.4. The summed E-state index contributed by atoms with van der Waals surface area (Å²) in [5.41, 5.74) is 2.43. The van der Waals surface area contributed by atoms with Crippen molar-refractivity contribution in [3.8, 4) is 0 Å². The van der Waals surface area contributed by atoms with E-state index in [-0.39, 0.29) is 0 Å². The minimum atomic E-state index is 0.384. The Morgan fingerprint density at radius 1 is 1.31 bits per heavy atom. The number of nitrogens with one attached hydrogen (secondary N) is 1. The molecular formula is C13H25N3. The quantitative estimate of drug-likeness (QED) is 0.831. The van der Waals surface area contributed by atoms with Crippen LogP contribution in [0.3, 0.4) is 0 Å². The summed E-state index contributed by atoms with van der Waals surface area (Å²) in [6, 6.07) is 0.384. The number of aryl methyl sites for hydroxylation is 2. The van der Waals surface area contributed by atoms with E-state index in [0.29, 0.717) is 12.0 Å². The Labute approximate surface area is 99.2 Å². The first-order valence-electron chi connectivity index (χ1n) is 6.15. The molecule has 1 aromatic rings. The maximum absolute atomic E-state index is 4.37. The molecule has 1 heterocycles. The van der Waals surface area contributed by atoms with Gasteiger partial charge in [0.15, 0.2) is 0 Å². The molecule has 1 N–H and O–H groups in total. The van der Waals surface area contributed by atoms with Crippen molar-refractivity contribution in [2.75, 3.05) is 6.54 Å². The Morgan fingerprint density at radius 3 is 2.38 bits per heavy atom. The van der Waals surface area contributed by atoms with Gasteiger partial charge in [0.2, 0.25) is 0 Å². The molecule has 0 saturated carbocycles. The first-order valence-corrected chi connectivity index (χ1v) is 6.15. The van der Waals surface area contributed by atoms with E-state index in [0.717, 1.165) is 18.2 Å². The molecule has 0 aliphatic rings. The van der Waals surface area contributed by atoms with Crippen LogP contribution in [0.2, 0.25) is 0 Å². The highest BCUT2D eigenvalue weighted by Crippen LogP contribution is 2.16. The first-order chi connectivity index (χ1) is 7.41. The van der Waals surface area contributed by atoms with Crippen LogP contribution in [0.5, 0.6) is 0 Å². The predicted octanol–water partition coefficient (Wildman–Crippen LogP) is 2.67. The highest BCUT2D eigenvalue weighted by Gasteiger charge is 2.13. The molecule has 3 nitrogen and oxygen atoms in total. The summed E-state index contributed by atoms with van der Waals surface area (Å²) in [4.78, 5) is 0.